The van der Waals surface area contributed by atoms with Crippen LogP contribution >= 0.6 is 11.3 Å². The molecule has 2 aromatic carbocycles. The van der Waals surface area contributed by atoms with Crippen LogP contribution in [0, 0.1) is 10.1 Å². The highest BCUT2D eigenvalue weighted by Gasteiger charge is 2.14. The number of para-hydroxylation sites is 1. The topological polar surface area (TPSA) is 99.8 Å². The SMILES string of the molecule is CN=C(NCc1ccccc1[N+](=O)[O-])NCC(O)c1cc2ccccc2s1. The second-order valence-electron chi connectivity index (χ2n) is 5.89. The van der Waals surface area contributed by atoms with Crippen LogP contribution in [0.4, 0.5) is 5.69 Å². The van der Waals surface area contributed by atoms with Gasteiger partial charge in [-0.15, -0.1) is 11.3 Å². The number of hydrogen-bond acceptors (Lipinski definition) is 5. The van der Waals surface area contributed by atoms with Gasteiger partial charge in [0, 0.05) is 41.3 Å². The summed E-state index contributed by atoms with van der Waals surface area (Å²) in [5.41, 5.74) is 0.626. The molecule has 1 aromatic heterocycles. The molecular weight excluding hydrogens is 364 g/mol. The summed E-state index contributed by atoms with van der Waals surface area (Å²) in [6, 6.07) is 16.5. The second-order valence-corrected chi connectivity index (χ2v) is 7.01. The molecule has 0 aliphatic carbocycles. The van der Waals surface area contributed by atoms with Gasteiger partial charge in [-0.25, -0.2) is 0 Å². The lowest BCUT2D eigenvalue weighted by atomic mass is 10.2. The van der Waals surface area contributed by atoms with Crippen LogP contribution < -0.4 is 10.6 Å². The molecule has 0 spiro atoms. The van der Waals surface area contributed by atoms with E-state index in [9.17, 15) is 15.2 Å². The van der Waals surface area contributed by atoms with Crippen LogP contribution in [0.1, 0.15) is 16.5 Å². The van der Waals surface area contributed by atoms with Gasteiger partial charge >= 0.3 is 0 Å². The molecule has 8 heteroatoms. The maximum Gasteiger partial charge on any atom is 0.274 e. The van der Waals surface area contributed by atoms with Gasteiger partial charge in [0.05, 0.1) is 4.92 Å². The van der Waals surface area contributed by atoms with Gasteiger partial charge in [0.1, 0.15) is 6.10 Å². The van der Waals surface area contributed by atoms with E-state index in [1.165, 1.54) is 6.07 Å². The minimum absolute atomic E-state index is 0.0609. The highest BCUT2D eigenvalue weighted by atomic mass is 32.1. The Morgan fingerprint density at radius 1 is 1.22 bits per heavy atom. The average Bonchev–Trinajstić information content (AvgIpc) is 3.12. The van der Waals surface area contributed by atoms with E-state index in [1.54, 1.807) is 36.6 Å². The first-order chi connectivity index (χ1) is 13.1. The zero-order valence-corrected chi connectivity index (χ0v) is 15.6. The maximum atomic E-state index is 11.1. The minimum Gasteiger partial charge on any atom is -0.386 e. The Morgan fingerprint density at radius 3 is 2.70 bits per heavy atom. The molecule has 7 nitrogen and oxygen atoms in total. The maximum absolute atomic E-state index is 11.1. The third-order valence-corrected chi connectivity index (χ3v) is 5.31. The van der Waals surface area contributed by atoms with Crippen molar-refractivity contribution < 1.29 is 10.0 Å². The van der Waals surface area contributed by atoms with Crippen molar-refractivity contribution in [2.24, 2.45) is 4.99 Å². The van der Waals surface area contributed by atoms with Crippen molar-refractivity contribution in [3.63, 3.8) is 0 Å². The number of nitrogens with zero attached hydrogens (tertiary/aromatic N) is 2. The van der Waals surface area contributed by atoms with Crippen molar-refractivity contribution in [1.82, 2.24) is 10.6 Å². The number of rotatable bonds is 6. The van der Waals surface area contributed by atoms with Crippen molar-refractivity contribution in [2.75, 3.05) is 13.6 Å². The van der Waals surface area contributed by atoms with E-state index in [2.05, 4.69) is 15.6 Å². The van der Waals surface area contributed by atoms with Gasteiger partial charge in [-0.05, 0) is 17.5 Å². The summed E-state index contributed by atoms with van der Waals surface area (Å²) in [7, 11) is 1.61. The zero-order valence-electron chi connectivity index (χ0n) is 14.8. The molecule has 3 rings (SSSR count). The normalized spacial score (nSPS) is 12.7. The van der Waals surface area contributed by atoms with E-state index in [-0.39, 0.29) is 18.8 Å². The van der Waals surface area contributed by atoms with Gasteiger partial charge in [0.15, 0.2) is 5.96 Å². The third kappa shape index (κ3) is 4.60. The van der Waals surface area contributed by atoms with Gasteiger partial charge in [-0.2, -0.15) is 0 Å². The molecule has 1 unspecified atom stereocenters. The fraction of sp³-hybridized carbons (Fsp3) is 0.211. The molecule has 0 saturated carbocycles. The molecule has 0 radical (unpaired) electrons. The Kier molecular flexibility index (Phi) is 6.00. The smallest absolute Gasteiger partial charge is 0.274 e. The molecule has 3 aromatic rings. The van der Waals surface area contributed by atoms with Gasteiger partial charge in [-0.1, -0.05) is 36.4 Å². The highest BCUT2D eigenvalue weighted by molar-refractivity contribution is 7.19. The highest BCUT2D eigenvalue weighted by Crippen LogP contribution is 2.29. The summed E-state index contributed by atoms with van der Waals surface area (Å²) < 4.78 is 1.13. The number of aliphatic hydroxyl groups excluding tert-OH is 1. The Bertz CT molecular complexity index is 937. The summed E-state index contributed by atoms with van der Waals surface area (Å²) in [5, 5.41) is 28.7. The molecule has 0 aliphatic rings. The Morgan fingerprint density at radius 2 is 1.96 bits per heavy atom. The molecule has 140 valence electrons. The standard InChI is InChI=1S/C19H20N4O3S/c1-20-19(21-11-14-7-2-4-8-15(14)23(25)26)22-12-16(24)18-10-13-6-3-5-9-17(13)27-18/h2-10,16,24H,11-12H2,1H3,(H2,20,21,22). The fourth-order valence-electron chi connectivity index (χ4n) is 2.70. The second kappa shape index (κ2) is 8.61. The first kappa shape index (κ1) is 18.8. The number of thiophene rings is 1. The van der Waals surface area contributed by atoms with E-state index >= 15 is 0 Å². The van der Waals surface area contributed by atoms with Crippen LogP contribution in [0.2, 0.25) is 0 Å². The summed E-state index contributed by atoms with van der Waals surface area (Å²) in [5.74, 6) is 0.466. The lowest BCUT2D eigenvalue weighted by molar-refractivity contribution is -0.385. The number of fused-ring (bicyclic) bond motifs is 1. The first-order valence-electron chi connectivity index (χ1n) is 8.42. The van der Waals surface area contributed by atoms with Gasteiger partial charge < -0.3 is 15.7 Å². The molecule has 3 N–H and O–H groups in total. The number of hydrogen-bond donors (Lipinski definition) is 3. The number of benzene rings is 2. The molecule has 0 aliphatic heterocycles. The van der Waals surface area contributed by atoms with Crippen LogP contribution in [0.5, 0.6) is 0 Å². The van der Waals surface area contributed by atoms with Crippen molar-refractivity contribution in [2.45, 2.75) is 12.6 Å². The quantitative estimate of drug-likeness (QED) is 0.262. The lowest BCUT2D eigenvalue weighted by Gasteiger charge is -2.14. The number of aliphatic hydroxyl groups is 1. The van der Waals surface area contributed by atoms with Crippen molar-refractivity contribution in [1.29, 1.82) is 0 Å². The van der Waals surface area contributed by atoms with Crippen LogP contribution in [0.3, 0.4) is 0 Å². The number of nitro benzene ring substituents is 1. The Balaban J connectivity index is 1.58. The largest absolute Gasteiger partial charge is 0.386 e. The van der Waals surface area contributed by atoms with Crippen LogP contribution in [0.15, 0.2) is 59.6 Å². The zero-order chi connectivity index (χ0) is 19.2. The minimum atomic E-state index is -0.674. The molecule has 0 fully saturated rings. The van der Waals surface area contributed by atoms with Gasteiger partial charge in [0.25, 0.3) is 5.69 Å². The van der Waals surface area contributed by atoms with Crippen molar-refractivity contribution in [3.8, 4) is 0 Å². The van der Waals surface area contributed by atoms with E-state index in [0.29, 0.717) is 11.5 Å². The third-order valence-electron chi connectivity index (χ3n) is 4.09. The van der Waals surface area contributed by atoms with Crippen molar-refractivity contribution >= 4 is 33.1 Å². The number of nitrogens with one attached hydrogen (secondary N) is 2. The molecule has 0 saturated heterocycles. The first-order valence-corrected chi connectivity index (χ1v) is 9.23. The molecule has 0 bridgehead atoms. The average molecular weight is 384 g/mol. The molecule has 27 heavy (non-hydrogen) atoms. The fourth-order valence-corrected chi connectivity index (χ4v) is 3.75. The molecule has 1 atom stereocenters. The monoisotopic (exact) mass is 384 g/mol. The van der Waals surface area contributed by atoms with Crippen LogP contribution in [-0.2, 0) is 6.54 Å². The van der Waals surface area contributed by atoms with Crippen LogP contribution in [-0.4, -0.2) is 29.6 Å². The van der Waals surface area contributed by atoms with Gasteiger partial charge in [0.2, 0.25) is 0 Å². The number of guanidine groups is 1. The van der Waals surface area contributed by atoms with Gasteiger partial charge in [-0.3, -0.25) is 15.1 Å². The molecular formula is C19H20N4O3S. The van der Waals surface area contributed by atoms with E-state index in [4.69, 9.17) is 0 Å². The summed E-state index contributed by atoms with van der Waals surface area (Å²) in [6.45, 7) is 0.541. The van der Waals surface area contributed by atoms with E-state index in [1.807, 2.05) is 30.3 Å². The van der Waals surface area contributed by atoms with E-state index < -0.39 is 11.0 Å². The van der Waals surface area contributed by atoms with Crippen LogP contribution in [0.25, 0.3) is 10.1 Å². The molecule has 0 amide bonds. The summed E-state index contributed by atoms with van der Waals surface area (Å²) >= 11 is 1.55. The summed E-state index contributed by atoms with van der Waals surface area (Å²) in [4.78, 5) is 15.7. The number of nitro groups is 1. The lowest BCUT2D eigenvalue weighted by Crippen LogP contribution is -2.39. The number of aliphatic imine (C=N–C) groups is 1. The molecule has 1 heterocycles. The summed E-state index contributed by atoms with van der Waals surface area (Å²) in [6.07, 6.45) is -0.674. The predicted molar refractivity (Wildman–Crippen MR) is 108 cm³/mol. The van der Waals surface area contributed by atoms with E-state index in [0.717, 1.165) is 15.0 Å². The Hall–Kier alpha value is -2.97. The van der Waals surface area contributed by atoms with Crippen molar-refractivity contribution in [3.05, 3.63) is 75.2 Å². The Labute approximate surface area is 160 Å². The predicted octanol–water partition coefficient (Wildman–Crippen LogP) is 3.21.